The van der Waals surface area contributed by atoms with Crippen molar-refractivity contribution in [2.24, 2.45) is 0 Å². The van der Waals surface area contributed by atoms with Gasteiger partial charge in [-0.2, -0.15) is 10.1 Å². The molecule has 2 aromatic heterocycles. The van der Waals surface area contributed by atoms with Gasteiger partial charge in [0.05, 0.1) is 17.4 Å². The zero-order valence-electron chi connectivity index (χ0n) is 16.7. The molecule has 0 saturated heterocycles. The van der Waals surface area contributed by atoms with Crippen molar-refractivity contribution in [2.45, 2.75) is 26.8 Å². The third-order valence-corrected chi connectivity index (χ3v) is 4.60. The van der Waals surface area contributed by atoms with Crippen molar-refractivity contribution >= 4 is 17.7 Å². The number of nitrogen functional groups attached to an aromatic ring is 1. The highest BCUT2D eigenvalue weighted by Crippen LogP contribution is 2.23. The zero-order chi connectivity index (χ0) is 20.4. The Morgan fingerprint density at radius 2 is 1.86 bits per heavy atom. The van der Waals surface area contributed by atoms with Crippen LogP contribution in [-0.2, 0) is 0 Å². The minimum Gasteiger partial charge on any atom is -0.368 e. The molecule has 8 heteroatoms. The number of carbonyl (C=O) groups excluding carboxylic acids is 1. The van der Waals surface area contributed by atoms with Crippen molar-refractivity contribution in [3.05, 3.63) is 52.8 Å². The number of hydrogen-bond donors (Lipinski definition) is 3. The number of H-pyrrole nitrogens is 1. The summed E-state index contributed by atoms with van der Waals surface area (Å²) in [6.45, 7) is 5.82. The Balaban J connectivity index is 1.78. The molecule has 146 valence electrons. The maximum absolute atomic E-state index is 12.6. The summed E-state index contributed by atoms with van der Waals surface area (Å²) in [5.74, 6) is 0.793. The van der Waals surface area contributed by atoms with E-state index in [9.17, 15) is 4.79 Å². The van der Waals surface area contributed by atoms with Crippen LogP contribution in [0.5, 0.6) is 0 Å². The van der Waals surface area contributed by atoms with E-state index in [1.807, 2.05) is 58.0 Å². The second-order valence-corrected chi connectivity index (χ2v) is 6.98. The van der Waals surface area contributed by atoms with Crippen LogP contribution in [0.4, 0.5) is 11.8 Å². The van der Waals surface area contributed by atoms with Crippen LogP contribution in [0.15, 0.2) is 30.3 Å². The van der Waals surface area contributed by atoms with Gasteiger partial charge in [-0.3, -0.25) is 9.89 Å². The topological polar surface area (TPSA) is 113 Å². The molecule has 4 N–H and O–H groups in total. The van der Waals surface area contributed by atoms with Crippen LogP contribution in [0.3, 0.4) is 0 Å². The molecule has 0 spiro atoms. The molecule has 0 aliphatic carbocycles. The summed E-state index contributed by atoms with van der Waals surface area (Å²) in [5, 5.41) is 10.2. The van der Waals surface area contributed by atoms with E-state index < -0.39 is 0 Å². The smallest absolute Gasteiger partial charge is 0.251 e. The van der Waals surface area contributed by atoms with E-state index in [0.717, 1.165) is 28.3 Å². The lowest BCUT2D eigenvalue weighted by molar-refractivity contribution is 0.0940. The molecule has 0 bridgehead atoms. The SMILES string of the molecule is Cc1n[nH]c(C)c1[C@@H](C)NC(=O)c1ccc(-c2cc(N(C)C)nc(N)n2)cc1. The Morgan fingerprint density at radius 3 is 2.43 bits per heavy atom. The molecule has 2 heterocycles. The second-order valence-electron chi connectivity index (χ2n) is 6.98. The standard InChI is InChI=1S/C20H25N7O/c1-11(18-12(2)25-26-13(18)3)22-19(28)15-8-6-14(7-9-15)16-10-17(27(4)5)24-20(21)23-16/h6-11H,1-5H3,(H,22,28)(H,25,26)(H2,21,23,24)/t11-/m1/s1. The summed E-state index contributed by atoms with van der Waals surface area (Å²) in [6, 6.07) is 8.98. The van der Waals surface area contributed by atoms with Gasteiger partial charge in [-0.25, -0.2) is 4.98 Å². The Hall–Kier alpha value is -3.42. The molecule has 1 amide bonds. The van der Waals surface area contributed by atoms with Gasteiger partial charge in [-0.1, -0.05) is 12.1 Å². The van der Waals surface area contributed by atoms with Gasteiger partial charge in [0.15, 0.2) is 0 Å². The molecule has 8 nitrogen and oxygen atoms in total. The molecule has 0 unspecified atom stereocenters. The van der Waals surface area contributed by atoms with Crippen LogP contribution in [0.2, 0.25) is 0 Å². The minimum atomic E-state index is -0.143. The highest BCUT2D eigenvalue weighted by atomic mass is 16.1. The Kier molecular flexibility index (Phi) is 5.30. The number of carbonyl (C=O) groups is 1. The predicted octanol–water partition coefficient (Wildman–Crippen LogP) is 2.62. The summed E-state index contributed by atoms with van der Waals surface area (Å²) in [6.07, 6.45) is 0. The van der Waals surface area contributed by atoms with E-state index >= 15 is 0 Å². The van der Waals surface area contributed by atoms with Crippen molar-refractivity contribution in [1.29, 1.82) is 0 Å². The minimum absolute atomic E-state index is 0.143. The molecule has 0 fully saturated rings. The molecular weight excluding hydrogens is 354 g/mol. The molecule has 3 rings (SSSR count). The first kappa shape index (κ1) is 19.3. The Bertz CT molecular complexity index is 973. The molecule has 0 aliphatic rings. The first-order valence-electron chi connectivity index (χ1n) is 9.01. The number of aryl methyl sites for hydroxylation is 2. The van der Waals surface area contributed by atoms with E-state index in [1.54, 1.807) is 12.1 Å². The summed E-state index contributed by atoms with van der Waals surface area (Å²) >= 11 is 0. The van der Waals surface area contributed by atoms with E-state index in [1.165, 1.54) is 0 Å². The van der Waals surface area contributed by atoms with Gasteiger partial charge < -0.3 is 16.0 Å². The van der Waals surface area contributed by atoms with Crippen molar-refractivity contribution in [2.75, 3.05) is 24.7 Å². The number of nitrogens with zero attached hydrogens (tertiary/aromatic N) is 4. The number of aromatic nitrogens is 4. The quantitative estimate of drug-likeness (QED) is 0.628. The monoisotopic (exact) mass is 379 g/mol. The number of aromatic amines is 1. The maximum atomic E-state index is 12.6. The van der Waals surface area contributed by atoms with Crippen LogP contribution >= 0.6 is 0 Å². The highest BCUT2D eigenvalue weighted by Gasteiger charge is 2.17. The molecule has 0 radical (unpaired) electrons. The molecule has 3 aromatic rings. The van der Waals surface area contributed by atoms with Gasteiger partial charge in [-0.05, 0) is 32.9 Å². The number of benzene rings is 1. The van der Waals surface area contributed by atoms with Gasteiger partial charge in [-0.15, -0.1) is 0 Å². The number of nitrogens with one attached hydrogen (secondary N) is 2. The lowest BCUT2D eigenvalue weighted by Crippen LogP contribution is -2.27. The molecule has 1 aromatic carbocycles. The van der Waals surface area contributed by atoms with Crippen molar-refractivity contribution < 1.29 is 4.79 Å². The fraction of sp³-hybridized carbons (Fsp3) is 0.300. The largest absolute Gasteiger partial charge is 0.368 e. The van der Waals surface area contributed by atoms with Gasteiger partial charge in [0, 0.05) is 42.5 Å². The summed E-state index contributed by atoms with van der Waals surface area (Å²) in [5.41, 5.74) is 10.8. The summed E-state index contributed by atoms with van der Waals surface area (Å²) in [7, 11) is 3.78. The van der Waals surface area contributed by atoms with E-state index in [2.05, 4.69) is 25.5 Å². The highest BCUT2D eigenvalue weighted by molar-refractivity contribution is 5.95. The fourth-order valence-electron chi connectivity index (χ4n) is 3.17. The second kappa shape index (κ2) is 7.67. The fourth-order valence-corrected chi connectivity index (χ4v) is 3.17. The first-order chi connectivity index (χ1) is 13.3. The zero-order valence-corrected chi connectivity index (χ0v) is 16.7. The van der Waals surface area contributed by atoms with Crippen molar-refractivity contribution in [1.82, 2.24) is 25.5 Å². The Morgan fingerprint density at radius 1 is 1.18 bits per heavy atom. The first-order valence-corrected chi connectivity index (χ1v) is 9.01. The number of amides is 1. The van der Waals surface area contributed by atoms with Crippen LogP contribution in [-0.4, -0.2) is 40.2 Å². The van der Waals surface area contributed by atoms with Crippen molar-refractivity contribution in [3.63, 3.8) is 0 Å². The Labute approximate surface area is 164 Å². The number of anilines is 2. The third kappa shape index (κ3) is 3.95. The molecular formula is C20H25N7O. The number of nitrogens with two attached hydrogens (primary N) is 1. The number of hydrogen-bond acceptors (Lipinski definition) is 6. The van der Waals surface area contributed by atoms with E-state index in [-0.39, 0.29) is 17.9 Å². The van der Waals surface area contributed by atoms with Crippen LogP contribution < -0.4 is 16.0 Å². The molecule has 1 atom stereocenters. The normalized spacial score (nSPS) is 11.9. The average molecular weight is 379 g/mol. The van der Waals surface area contributed by atoms with E-state index in [0.29, 0.717) is 11.3 Å². The molecule has 28 heavy (non-hydrogen) atoms. The van der Waals surface area contributed by atoms with Gasteiger partial charge >= 0.3 is 0 Å². The summed E-state index contributed by atoms with van der Waals surface area (Å²) < 4.78 is 0. The van der Waals surface area contributed by atoms with Crippen LogP contribution in [0, 0.1) is 13.8 Å². The van der Waals surface area contributed by atoms with Gasteiger partial charge in [0.2, 0.25) is 5.95 Å². The van der Waals surface area contributed by atoms with E-state index in [4.69, 9.17) is 5.73 Å². The van der Waals surface area contributed by atoms with Gasteiger partial charge in [0.1, 0.15) is 5.82 Å². The maximum Gasteiger partial charge on any atom is 0.251 e. The number of rotatable bonds is 5. The molecule has 0 aliphatic heterocycles. The summed E-state index contributed by atoms with van der Waals surface area (Å²) in [4.78, 5) is 23.0. The van der Waals surface area contributed by atoms with Crippen LogP contribution in [0.1, 0.15) is 40.3 Å². The average Bonchev–Trinajstić information content (AvgIpc) is 2.99. The van der Waals surface area contributed by atoms with Crippen molar-refractivity contribution in [3.8, 4) is 11.3 Å². The predicted molar refractivity (Wildman–Crippen MR) is 110 cm³/mol. The molecule has 0 saturated carbocycles. The lowest BCUT2D eigenvalue weighted by Gasteiger charge is -2.15. The lowest BCUT2D eigenvalue weighted by atomic mass is 10.0. The van der Waals surface area contributed by atoms with Gasteiger partial charge in [0.25, 0.3) is 5.91 Å². The van der Waals surface area contributed by atoms with Crippen LogP contribution in [0.25, 0.3) is 11.3 Å². The third-order valence-electron chi connectivity index (χ3n) is 4.60.